The highest BCUT2D eigenvalue weighted by Crippen LogP contribution is 2.08. The van der Waals surface area contributed by atoms with E-state index in [0.29, 0.717) is 5.76 Å². The van der Waals surface area contributed by atoms with Crippen LogP contribution in [0, 0.1) is 6.92 Å². The molecule has 5 heteroatoms. The number of pyridine rings is 1. The van der Waals surface area contributed by atoms with Gasteiger partial charge in [0, 0.05) is 12.3 Å². The molecule has 0 radical (unpaired) electrons. The molecule has 2 aromatic heterocycles. The van der Waals surface area contributed by atoms with E-state index in [-0.39, 0.29) is 17.7 Å². The molecule has 2 heterocycles. The first-order valence-corrected chi connectivity index (χ1v) is 5.04. The van der Waals surface area contributed by atoms with Gasteiger partial charge in [0.25, 0.3) is 5.56 Å². The van der Waals surface area contributed by atoms with E-state index in [1.807, 2.05) is 13.0 Å². The van der Waals surface area contributed by atoms with E-state index >= 15 is 0 Å². The van der Waals surface area contributed by atoms with E-state index in [2.05, 4.69) is 0 Å². The summed E-state index contributed by atoms with van der Waals surface area (Å²) in [6.45, 7) is 2.06. The van der Waals surface area contributed by atoms with E-state index in [4.69, 9.17) is 9.52 Å². The molecular formula is C12H11NO4. The predicted molar refractivity (Wildman–Crippen MR) is 60.2 cm³/mol. The summed E-state index contributed by atoms with van der Waals surface area (Å²) in [5, 5.41) is 8.73. The number of carboxylic acids is 1. The molecule has 2 rings (SSSR count). The molecule has 0 aliphatic carbocycles. The first-order valence-electron chi connectivity index (χ1n) is 5.04. The summed E-state index contributed by atoms with van der Waals surface area (Å²) in [4.78, 5) is 22.2. The molecule has 0 saturated carbocycles. The lowest BCUT2D eigenvalue weighted by atomic mass is 10.3. The zero-order valence-corrected chi connectivity index (χ0v) is 9.21. The highest BCUT2D eigenvalue weighted by molar-refractivity contribution is 5.87. The number of rotatable bonds is 3. The van der Waals surface area contributed by atoms with Crippen molar-refractivity contribution in [3.63, 3.8) is 0 Å². The fourth-order valence-electron chi connectivity index (χ4n) is 1.48. The molecule has 0 fully saturated rings. The summed E-state index contributed by atoms with van der Waals surface area (Å²) in [6, 6.07) is 4.73. The average molecular weight is 233 g/mol. The molecule has 17 heavy (non-hydrogen) atoms. The highest BCUT2D eigenvalue weighted by atomic mass is 16.4. The molecule has 0 bridgehead atoms. The van der Waals surface area contributed by atoms with Crippen LogP contribution >= 0.6 is 0 Å². The standard InChI is InChI=1S/C12H11NO4/c1-8-2-3-13(11(14)4-8)6-10-5-9(7-17-10)12(15)16/h2-5,7H,6H2,1H3,(H,15,16). The zero-order valence-electron chi connectivity index (χ0n) is 9.21. The van der Waals surface area contributed by atoms with Gasteiger partial charge in [-0.1, -0.05) is 0 Å². The van der Waals surface area contributed by atoms with Crippen LogP contribution in [0.4, 0.5) is 0 Å². The summed E-state index contributed by atoms with van der Waals surface area (Å²) in [5.74, 6) is -0.607. The maximum atomic E-state index is 11.6. The SMILES string of the molecule is Cc1ccn(Cc2cc(C(=O)O)co2)c(=O)c1. The van der Waals surface area contributed by atoms with Crippen molar-refractivity contribution in [3.05, 3.63) is 57.9 Å². The van der Waals surface area contributed by atoms with Crippen molar-refractivity contribution in [1.29, 1.82) is 0 Å². The number of hydrogen-bond acceptors (Lipinski definition) is 3. The van der Waals surface area contributed by atoms with E-state index in [1.54, 1.807) is 6.20 Å². The van der Waals surface area contributed by atoms with Gasteiger partial charge in [-0.05, 0) is 24.6 Å². The molecule has 0 aliphatic rings. The molecule has 0 aliphatic heterocycles. The second-order valence-electron chi connectivity index (χ2n) is 3.78. The molecule has 5 nitrogen and oxygen atoms in total. The zero-order chi connectivity index (χ0) is 12.4. The van der Waals surface area contributed by atoms with Gasteiger partial charge in [0.15, 0.2) is 0 Å². The Morgan fingerprint density at radius 3 is 2.82 bits per heavy atom. The van der Waals surface area contributed by atoms with Gasteiger partial charge in [-0.2, -0.15) is 0 Å². The Morgan fingerprint density at radius 2 is 2.24 bits per heavy atom. The van der Waals surface area contributed by atoms with Crippen molar-refractivity contribution in [2.75, 3.05) is 0 Å². The Morgan fingerprint density at radius 1 is 1.47 bits per heavy atom. The Bertz CT molecular complexity index is 609. The van der Waals surface area contributed by atoms with Crippen LogP contribution in [0.3, 0.4) is 0 Å². The Kier molecular flexibility index (Phi) is 2.82. The smallest absolute Gasteiger partial charge is 0.338 e. The monoisotopic (exact) mass is 233 g/mol. The van der Waals surface area contributed by atoms with Crippen molar-refractivity contribution in [2.24, 2.45) is 0 Å². The summed E-state index contributed by atoms with van der Waals surface area (Å²) in [6.07, 6.45) is 2.82. The maximum absolute atomic E-state index is 11.6. The van der Waals surface area contributed by atoms with Gasteiger partial charge in [0.05, 0.1) is 12.1 Å². The maximum Gasteiger partial charge on any atom is 0.338 e. The van der Waals surface area contributed by atoms with Gasteiger partial charge >= 0.3 is 5.97 Å². The lowest BCUT2D eigenvalue weighted by Gasteiger charge is -2.02. The molecule has 88 valence electrons. The van der Waals surface area contributed by atoms with Crippen LogP contribution in [0.1, 0.15) is 21.7 Å². The quantitative estimate of drug-likeness (QED) is 0.871. The van der Waals surface area contributed by atoms with E-state index in [9.17, 15) is 9.59 Å². The van der Waals surface area contributed by atoms with Crippen LogP contribution in [0.25, 0.3) is 0 Å². The number of furan rings is 1. The Hall–Kier alpha value is -2.30. The highest BCUT2D eigenvalue weighted by Gasteiger charge is 2.08. The summed E-state index contributed by atoms with van der Waals surface area (Å²) in [7, 11) is 0. The minimum atomic E-state index is -1.05. The number of aromatic carboxylic acids is 1. The first kappa shape index (κ1) is 11.2. The minimum Gasteiger partial charge on any atom is -0.478 e. The lowest BCUT2D eigenvalue weighted by Crippen LogP contribution is -2.18. The average Bonchev–Trinajstić information content (AvgIpc) is 2.71. The third kappa shape index (κ3) is 2.44. The van der Waals surface area contributed by atoms with Gasteiger partial charge in [-0.3, -0.25) is 4.79 Å². The van der Waals surface area contributed by atoms with Crippen molar-refractivity contribution >= 4 is 5.97 Å². The van der Waals surface area contributed by atoms with Crippen LogP contribution in [0.15, 0.2) is 39.9 Å². The molecule has 1 N–H and O–H groups in total. The van der Waals surface area contributed by atoms with Crippen molar-refractivity contribution in [2.45, 2.75) is 13.5 Å². The molecule has 2 aromatic rings. The summed E-state index contributed by atoms with van der Waals surface area (Å²) >= 11 is 0. The summed E-state index contributed by atoms with van der Waals surface area (Å²) in [5.41, 5.74) is 0.829. The molecule has 0 unspecified atom stereocenters. The number of aryl methyl sites for hydroxylation is 1. The number of carboxylic acid groups (broad SMARTS) is 1. The van der Waals surface area contributed by atoms with Crippen molar-refractivity contribution < 1.29 is 14.3 Å². The van der Waals surface area contributed by atoms with Crippen molar-refractivity contribution in [1.82, 2.24) is 4.57 Å². The molecule has 0 saturated heterocycles. The van der Waals surface area contributed by atoms with Crippen molar-refractivity contribution in [3.8, 4) is 0 Å². The van der Waals surface area contributed by atoms with Gasteiger partial charge in [0.2, 0.25) is 0 Å². The summed E-state index contributed by atoms with van der Waals surface area (Å²) < 4.78 is 6.53. The number of aromatic nitrogens is 1. The Balaban J connectivity index is 2.25. The van der Waals surface area contributed by atoms with E-state index < -0.39 is 5.97 Å². The first-order chi connectivity index (χ1) is 8.06. The molecule has 0 aromatic carbocycles. The van der Waals surface area contributed by atoms with Gasteiger partial charge in [0.1, 0.15) is 12.0 Å². The van der Waals surface area contributed by atoms with Gasteiger partial charge in [-0.15, -0.1) is 0 Å². The molecular weight excluding hydrogens is 222 g/mol. The van der Waals surface area contributed by atoms with Crippen LogP contribution in [0.2, 0.25) is 0 Å². The number of carbonyl (C=O) groups is 1. The Labute approximate surface area is 96.9 Å². The second-order valence-corrected chi connectivity index (χ2v) is 3.78. The third-order valence-corrected chi connectivity index (χ3v) is 2.38. The fourth-order valence-corrected chi connectivity index (χ4v) is 1.48. The second kappa shape index (κ2) is 4.29. The molecule has 0 amide bonds. The molecule has 0 atom stereocenters. The predicted octanol–water partition coefficient (Wildman–Crippen LogP) is 1.50. The largest absolute Gasteiger partial charge is 0.478 e. The van der Waals surface area contributed by atoms with E-state index in [1.165, 1.54) is 16.7 Å². The van der Waals surface area contributed by atoms with Crippen LogP contribution in [0.5, 0.6) is 0 Å². The fraction of sp³-hybridized carbons (Fsp3) is 0.167. The van der Waals surface area contributed by atoms with E-state index in [0.717, 1.165) is 11.8 Å². The normalized spacial score (nSPS) is 10.4. The van der Waals surface area contributed by atoms with Crippen LogP contribution < -0.4 is 5.56 Å². The molecule has 0 spiro atoms. The van der Waals surface area contributed by atoms with Gasteiger partial charge in [-0.25, -0.2) is 4.79 Å². The number of hydrogen-bond donors (Lipinski definition) is 1. The minimum absolute atomic E-state index is 0.0835. The number of nitrogens with zero attached hydrogens (tertiary/aromatic N) is 1. The lowest BCUT2D eigenvalue weighted by molar-refractivity contribution is 0.0696. The van der Waals surface area contributed by atoms with Crippen LogP contribution in [-0.2, 0) is 6.54 Å². The van der Waals surface area contributed by atoms with Gasteiger partial charge < -0.3 is 14.1 Å². The topological polar surface area (TPSA) is 72.4 Å². The third-order valence-electron chi connectivity index (χ3n) is 2.38. The van der Waals surface area contributed by atoms with Crippen LogP contribution in [-0.4, -0.2) is 15.6 Å².